The number of aliphatic carboxylic acids is 1. The first-order chi connectivity index (χ1) is 20.7. The van der Waals surface area contributed by atoms with Crippen LogP contribution in [0.2, 0.25) is 0 Å². The van der Waals surface area contributed by atoms with Crippen molar-refractivity contribution in [2.45, 2.75) is 55.9 Å². The van der Waals surface area contributed by atoms with Crippen molar-refractivity contribution in [2.24, 2.45) is 11.8 Å². The second-order valence-electron chi connectivity index (χ2n) is 10.9. The summed E-state index contributed by atoms with van der Waals surface area (Å²) >= 11 is 0. The summed E-state index contributed by atoms with van der Waals surface area (Å²) < 4.78 is 45.3. The number of carboxylic acid groups (broad SMARTS) is 1. The van der Waals surface area contributed by atoms with Crippen LogP contribution >= 0.6 is 0 Å². The average Bonchev–Trinajstić information content (AvgIpc) is 3.46. The third-order valence-electron chi connectivity index (χ3n) is 8.55. The second kappa shape index (κ2) is 11.6. The standard InChI is InChI=1S/C29H34O14/c1-11-38-9-20-27(41-11)24(32)25(33)29(42-20)43-26-14-7-17-16(39-10-40-17)6-13(14)21(22(28(34)35)15(26)8-30)12-4-18(36-2)23(31)19(5-12)37-3/h4-7,11,15,20-22,24-27,29-33H,8-10H2,1-3H3,(H,34,35)/t11-,15+,20+,21-,22-,24-,25+,26-,27-,29+/m1/s1. The minimum absolute atomic E-state index is 0.0564. The highest BCUT2D eigenvalue weighted by molar-refractivity contribution is 5.75. The monoisotopic (exact) mass is 606 g/mol. The van der Waals surface area contributed by atoms with Crippen LogP contribution in [0.15, 0.2) is 24.3 Å². The Hall–Kier alpha value is -3.37. The molecular formula is C29H34O14. The molecule has 2 aromatic carbocycles. The van der Waals surface area contributed by atoms with Crippen molar-refractivity contribution in [3.8, 4) is 28.7 Å². The summed E-state index contributed by atoms with van der Waals surface area (Å²) in [6, 6.07) is 6.32. The molecule has 2 saturated heterocycles. The number of ether oxygens (including phenoxy) is 8. The molecule has 0 saturated carbocycles. The van der Waals surface area contributed by atoms with E-state index in [1.54, 1.807) is 19.1 Å². The molecule has 6 rings (SSSR count). The van der Waals surface area contributed by atoms with E-state index in [2.05, 4.69) is 0 Å². The summed E-state index contributed by atoms with van der Waals surface area (Å²) in [5.74, 6) is -3.88. The lowest BCUT2D eigenvalue weighted by Crippen LogP contribution is -2.63. The van der Waals surface area contributed by atoms with Gasteiger partial charge in [-0.25, -0.2) is 0 Å². The molecule has 3 heterocycles. The molecule has 43 heavy (non-hydrogen) atoms. The smallest absolute Gasteiger partial charge is 0.307 e. The minimum atomic E-state index is -1.56. The van der Waals surface area contributed by atoms with E-state index in [-0.39, 0.29) is 30.6 Å². The number of methoxy groups -OCH3 is 2. The van der Waals surface area contributed by atoms with Crippen LogP contribution < -0.4 is 18.9 Å². The van der Waals surface area contributed by atoms with Crippen molar-refractivity contribution in [3.63, 3.8) is 0 Å². The van der Waals surface area contributed by atoms with Crippen LogP contribution in [-0.4, -0.2) is 103 Å². The van der Waals surface area contributed by atoms with Crippen molar-refractivity contribution in [3.05, 3.63) is 41.0 Å². The Labute approximate surface area is 246 Å². The Morgan fingerprint density at radius 1 is 0.977 bits per heavy atom. The highest BCUT2D eigenvalue weighted by Gasteiger charge is 2.53. The molecule has 2 aromatic rings. The number of carbonyl (C=O) groups is 1. The molecular weight excluding hydrogens is 572 g/mol. The summed E-state index contributed by atoms with van der Waals surface area (Å²) in [5, 5.41) is 53.7. The SMILES string of the molecule is COc1cc([C@@H]2c3cc4c(cc3[C@@H](O[C@@H]3O[C@H]5CO[C@@H](C)O[C@H]5[C@H](O)[C@@H]3O)[C@@H](CO)[C@H]2C(=O)O)OCO4)cc(OC)c1O. The summed E-state index contributed by atoms with van der Waals surface area (Å²) in [6.45, 7) is 1.05. The lowest BCUT2D eigenvalue weighted by molar-refractivity contribution is -0.365. The van der Waals surface area contributed by atoms with E-state index in [1.165, 1.54) is 26.4 Å². The van der Waals surface area contributed by atoms with Crippen LogP contribution in [0.3, 0.4) is 0 Å². The van der Waals surface area contributed by atoms with Crippen molar-refractivity contribution in [1.29, 1.82) is 0 Å². The zero-order valence-electron chi connectivity index (χ0n) is 23.6. The van der Waals surface area contributed by atoms with E-state index in [9.17, 15) is 30.3 Å². The molecule has 0 spiro atoms. The first-order valence-corrected chi connectivity index (χ1v) is 13.8. The van der Waals surface area contributed by atoms with Gasteiger partial charge in [0, 0.05) is 18.4 Å². The van der Waals surface area contributed by atoms with Crippen LogP contribution in [-0.2, 0) is 23.7 Å². The zero-order valence-corrected chi connectivity index (χ0v) is 23.6. The van der Waals surface area contributed by atoms with E-state index in [1.807, 2.05) is 0 Å². The fourth-order valence-electron chi connectivity index (χ4n) is 6.49. The Morgan fingerprint density at radius 2 is 1.63 bits per heavy atom. The quantitative estimate of drug-likeness (QED) is 0.298. The zero-order chi connectivity index (χ0) is 30.6. The van der Waals surface area contributed by atoms with Crippen molar-refractivity contribution >= 4 is 5.97 Å². The molecule has 10 atom stereocenters. The van der Waals surface area contributed by atoms with E-state index in [0.717, 1.165) is 0 Å². The average molecular weight is 607 g/mol. The molecule has 4 aliphatic rings. The van der Waals surface area contributed by atoms with Crippen LogP contribution in [0, 0.1) is 11.8 Å². The number of hydrogen-bond donors (Lipinski definition) is 5. The fraction of sp³-hybridized carbons (Fsp3) is 0.552. The molecule has 0 aromatic heterocycles. The highest BCUT2D eigenvalue weighted by Crippen LogP contribution is 2.55. The summed E-state index contributed by atoms with van der Waals surface area (Å²) in [6.07, 6.45) is -7.75. The topological polar surface area (TPSA) is 192 Å². The van der Waals surface area contributed by atoms with Gasteiger partial charge in [0.15, 0.2) is 35.6 Å². The lowest BCUT2D eigenvalue weighted by atomic mass is 9.65. The van der Waals surface area contributed by atoms with Gasteiger partial charge in [-0.3, -0.25) is 4.79 Å². The molecule has 3 aliphatic heterocycles. The van der Waals surface area contributed by atoms with Gasteiger partial charge in [0.1, 0.15) is 24.4 Å². The predicted octanol–water partition coefficient (Wildman–Crippen LogP) is 0.859. The number of hydrogen-bond acceptors (Lipinski definition) is 13. The van der Waals surface area contributed by atoms with Gasteiger partial charge in [-0.05, 0) is 47.9 Å². The van der Waals surface area contributed by atoms with E-state index >= 15 is 0 Å². The molecule has 0 unspecified atom stereocenters. The normalized spacial score (nSPS) is 34.7. The van der Waals surface area contributed by atoms with Gasteiger partial charge in [0.2, 0.25) is 12.5 Å². The van der Waals surface area contributed by atoms with E-state index in [4.69, 9.17) is 37.9 Å². The van der Waals surface area contributed by atoms with Crippen LogP contribution in [0.1, 0.15) is 35.6 Å². The molecule has 1 aliphatic carbocycles. The van der Waals surface area contributed by atoms with Gasteiger partial charge in [-0.2, -0.15) is 0 Å². The number of benzene rings is 2. The van der Waals surface area contributed by atoms with Crippen molar-refractivity contribution in [1.82, 2.24) is 0 Å². The van der Waals surface area contributed by atoms with Crippen LogP contribution in [0.5, 0.6) is 28.7 Å². The molecule has 0 bridgehead atoms. The first kappa shape index (κ1) is 29.7. The maximum Gasteiger partial charge on any atom is 0.307 e. The number of phenolic OH excluding ortho intramolecular Hbond substituents is 1. The Morgan fingerprint density at radius 3 is 2.23 bits per heavy atom. The second-order valence-corrected chi connectivity index (χ2v) is 10.9. The number of carboxylic acids is 1. The number of aromatic hydroxyl groups is 1. The number of rotatable bonds is 7. The molecule has 14 nitrogen and oxygen atoms in total. The number of aliphatic hydroxyl groups is 3. The number of phenols is 1. The molecule has 234 valence electrons. The maximum atomic E-state index is 13.0. The Balaban J connectivity index is 1.46. The maximum absolute atomic E-state index is 13.0. The van der Waals surface area contributed by atoms with Crippen molar-refractivity contribution < 1.29 is 68.2 Å². The van der Waals surface area contributed by atoms with E-state index < -0.39 is 73.4 Å². The van der Waals surface area contributed by atoms with Crippen LogP contribution in [0.4, 0.5) is 0 Å². The first-order valence-electron chi connectivity index (χ1n) is 13.8. The molecule has 0 radical (unpaired) electrons. The Kier molecular flexibility index (Phi) is 8.02. The van der Waals surface area contributed by atoms with E-state index in [0.29, 0.717) is 28.2 Å². The minimum Gasteiger partial charge on any atom is -0.502 e. The van der Waals surface area contributed by atoms with Gasteiger partial charge >= 0.3 is 5.97 Å². The largest absolute Gasteiger partial charge is 0.502 e. The number of fused-ring (bicyclic) bond motifs is 3. The lowest BCUT2D eigenvalue weighted by Gasteiger charge is -2.48. The van der Waals surface area contributed by atoms with Crippen molar-refractivity contribution in [2.75, 3.05) is 34.2 Å². The van der Waals surface area contributed by atoms with Crippen LogP contribution in [0.25, 0.3) is 0 Å². The van der Waals surface area contributed by atoms with Gasteiger partial charge < -0.3 is 63.4 Å². The molecule has 5 N–H and O–H groups in total. The molecule has 14 heteroatoms. The van der Waals surface area contributed by atoms with Gasteiger partial charge in [-0.15, -0.1) is 0 Å². The third kappa shape index (κ3) is 5.02. The molecule has 2 fully saturated rings. The third-order valence-corrected chi connectivity index (χ3v) is 8.55. The highest BCUT2D eigenvalue weighted by atomic mass is 16.8. The summed E-state index contributed by atoms with van der Waals surface area (Å²) in [7, 11) is 2.72. The predicted molar refractivity (Wildman–Crippen MR) is 142 cm³/mol. The number of aliphatic hydroxyl groups excluding tert-OH is 3. The van der Waals surface area contributed by atoms with Gasteiger partial charge in [-0.1, -0.05) is 0 Å². The fourth-order valence-corrected chi connectivity index (χ4v) is 6.49. The summed E-state index contributed by atoms with van der Waals surface area (Å²) in [5.41, 5.74) is 1.35. The molecule has 0 amide bonds. The summed E-state index contributed by atoms with van der Waals surface area (Å²) in [4.78, 5) is 13.0. The van der Waals surface area contributed by atoms with Gasteiger partial charge in [0.25, 0.3) is 0 Å². The van der Waals surface area contributed by atoms with Gasteiger partial charge in [0.05, 0.1) is 32.8 Å². The Bertz CT molecular complexity index is 1340.